The molecule has 0 saturated heterocycles. The summed E-state index contributed by atoms with van der Waals surface area (Å²) in [4.78, 5) is 17.6. The molecule has 0 unspecified atom stereocenters. The average Bonchev–Trinajstić information content (AvgIpc) is 3.27. The summed E-state index contributed by atoms with van der Waals surface area (Å²) < 4.78 is 0. The maximum Gasteiger partial charge on any atom is 0.233 e. The quantitative estimate of drug-likeness (QED) is 0.635. The lowest BCUT2D eigenvalue weighted by Gasteiger charge is -2.10. The molecule has 1 atom stereocenters. The lowest BCUT2D eigenvalue weighted by atomic mass is 10.1. The van der Waals surface area contributed by atoms with Crippen LogP contribution in [0.15, 0.2) is 53.0 Å². The zero-order valence-electron chi connectivity index (χ0n) is 13.2. The van der Waals surface area contributed by atoms with Crippen LogP contribution < -0.4 is 5.32 Å². The zero-order valence-corrected chi connectivity index (χ0v) is 14.9. The molecule has 5 nitrogen and oxygen atoms in total. The van der Waals surface area contributed by atoms with Gasteiger partial charge >= 0.3 is 0 Å². The van der Waals surface area contributed by atoms with Crippen molar-refractivity contribution in [3.8, 4) is 10.7 Å². The smallest absolute Gasteiger partial charge is 0.233 e. The van der Waals surface area contributed by atoms with Crippen LogP contribution in [-0.2, 0) is 11.2 Å². The number of carbonyl (C=O) groups excluding carboxylic acids is 1. The molecule has 0 radical (unpaired) electrons. The molecule has 2 heterocycles. The van der Waals surface area contributed by atoms with Crippen LogP contribution in [0.3, 0.4) is 0 Å². The van der Waals surface area contributed by atoms with Gasteiger partial charge in [0, 0.05) is 6.54 Å². The number of aromatic nitrogens is 3. The van der Waals surface area contributed by atoms with Crippen LogP contribution in [0, 0.1) is 0 Å². The van der Waals surface area contributed by atoms with Crippen molar-refractivity contribution >= 4 is 29.0 Å². The standard InChI is InChI=1S/C17H18N4OS2/c1-12(16(22)18-10-9-13-6-3-2-4-7-13)24-17-19-15(20-21-17)14-8-5-11-23-14/h2-8,11-12H,9-10H2,1H3,(H,18,22)(H,19,20,21)/t12-/m0/s1. The molecular weight excluding hydrogens is 340 g/mol. The number of hydrogen-bond donors (Lipinski definition) is 2. The van der Waals surface area contributed by atoms with E-state index in [2.05, 4.69) is 32.6 Å². The largest absolute Gasteiger partial charge is 0.355 e. The highest BCUT2D eigenvalue weighted by atomic mass is 32.2. The van der Waals surface area contributed by atoms with Crippen LogP contribution in [0.1, 0.15) is 12.5 Å². The maximum atomic E-state index is 12.2. The molecular formula is C17H18N4OS2. The van der Waals surface area contributed by atoms with Crippen molar-refractivity contribution in [1.82, 2.24) is 20.5 Å². The molecule has 1 aromatic carbocycles. The second kappa shape index (κ2) is 8.12. The van der Waals surface area contributed by atoms with Gasteiger partial charge in [0.1, 0.15) is 0 Å². The van der Waals surface area contributed by atoms with Crippen LogP contribution in [0.5, 0.6) is 0 Å². The number of nitrogens with one attached hydrogen (secondary N) is 2. The molecule has 3 aromatic rings. The molecule has 1 amide bonds. The predicted octanol–water partition coefficient (Wildman–Crippen LogP) is 3.37. The molecule has 2 aromatic heterocycles. The van der Waals surface area contributed by atoms with Crippen molar-refractivity contribution in [1.29, 1.82) is 0 Å². The number of aromatic amines is 1. The van der Waals surface area contributed by atoms with Gasteiger partial charge in [-0.15, -0.1) is 16.4 Å². The molecule has 7 heteroatoms. The highest BCUT2D eigenvalue weighted by Gasteiger charge is 2.17. The summed E-state index contributed by atoms with van der Waals surface area (Å²) in [5, 5.41) is 12.4. The molecule has 0 aliphatic carbocycles. The third-order valence-corrected chi connectivity index (χ3v) is 5.26. The second-order valence-electron chi connectivity index (χ2n) is 5.23. The minimum Gasteiger partial charge on any atom is -0.355 e. The summed E-state index contributed by atoms with van der Waals surface area (Å²) in [5.74, 6) is 0.739. The lowest BCUT2D eigenvalue weighted by molar-refractivity contribution is -0.120. The van der Waals surface area contributed by atoms with E-state index in [9.17, 15) is 4.79 Å². The first-order valence-corrected chi connectivity index (χ1v) is 9.43. The fourth-order valence-electron chi connectivity index (χ4n) is 2.15. The van der Waals surface area contributed by atoms with Gasteiger partial charge in [-0.1, -0.05) is 48.2 Å². The lowest BCUT2D eigenvalue weighted by Crippen LogP contribution is -2.32. The Morgan fingerprint density at radius 1 is 1.29 bits per heavy atom. The van der Waals surface area contributed by atoms with Crippen molar-refractivity contribution < 1.29 is 4.79 Å². The van der Waals surface area contributed by atoms with E-state index in [1.54, 1.807) is 11.3 Å². The van der Waals surface area contributed by atoms with Crippen LogP contribution in [0.2, 0.25) is 0 Å². The SMILES string of the molecule is C[C@H](Sc1n[nH]c(-c2cccs2)n1)C(=O)NCCc1ccccc1. The number of hydrogen-bond acceptors (Lipinski definition) is 5. The first-order chi connectivity index (χ1) is 11.7. The Morgan fingerprint density at radius 2 is 2.12 bits per heavy atom. The Balaban J connectivity index is 1.47. The first-order valence-electron chi connectivity index (χ1n) is 7.67. The summed E-state index contributed by atoms with van der Waals surface area (Å²) in [6.45, 7) is 2.49. The van der Waals surface area contributed by atoms with Crippen molar-refractivity contribution in [2.45, 2.75) is 23.8 Å². The zero-order chi connectivity index (χ0) is 16.8. The fourth-order valence-corrected chi connectivity index (χ4v) is 3.57. The van der Waals surface area contributed by atoms with Crippen LogP contribution in [-0.4, -0.2) is 32.9 Å². The van der Waals surface area contributed by atoms with Gasteiger partial charge in [-0.05, 0) is 30.4 Å². The molecule has 0 saturated carbocycles. The minimum absolute atomic E-state index is 0.00148. The number of amides is 1. The van der Waals surface area contributed by atoms with Crippen LogP contribution in [0.25, 0.3) is 10.7 Å². The number of thioether (sulfide) groups is 1. The average molecular weight is 358 g/mol. The molecule has 124 valence electrons. The summed E-state index contributed by atoms with van der Waals surface area (Å²) in [5.41, 5.74) is 1.22. The molecule has 0 bridgehead atoms. The van der Waals surface area contributed by atoms with Gasteiger partial charge in [0.15, 0.2) is 5.82 Å². The minimum atomic E-state index is -0.243. The third kappa shape index (κ3) is 4.46. The molecule has 24 heavy (non-hydrogen) atoms. The van der Waals surface area contributed by atoms with E-state index in [0.717, 1.165) is 17.1 Å². The second-order valence-corrected chi connectivity index (χ2v) is 7.49. The van der Waals surface area contributed by atoms with E-state index in [1.165, 1.54) is 17.3 Å². The van der Waals surface area contributed by atoms with Crippen molar-refractivity contribution in [3.05, 3.63) is 53.4 Å². The third-order valence-electron chi connectivity index (χ3n) is 3.43. The van der Waals surface area contributed by atoms with E-state index < -0.39 is 0 Å². The molecule has 0 fully saturated rings. The molecule has 0 aliphatic rings. The molecule has 2 N–H and O–H groups in total. The van der Waals surface area contributed by atoms with E-state index in [1.807, 2.05) is 42.6 Å². The number of H-pyrrole nitrogens is 1. The van der Waals surface area contributed by atoms with Crippen molar-refractivity contribution in [2.24, 2.45) is 0 Å². The number of carbonyl (C=O) groups is 1. The monoisotopic (exact) mass is 358 g/mol. The maximum absolute atomic E-state index is 12.2. The summed E-state index contributed by atoms with van der Waals surface area (Å²) in [7, 11) is 0. The van der Waals surface area contributed by atoms with Gasteiger partial charge in [-0.25, -0.2) is 4.98 Å². The van der Waals surface area contributed by atoms with Crippen LogP contribution in [0.4, 0.5) is 0 Å². The molecule has 3 rings (SSSR count). The Hall–Kier alpha value is -2.12. The Morgan fingerprint density at radius 3 is 2.88 bits per heavy atom. The van der Waals surface area contributed by atoms with Gasteiger partial charge in [0.05, 0.1) is 10.1 Å². The summed E-state index contributed by atoms with van der Waals surface area (Å²) in [6, 6.07) is 14.1. The Bertz CT molecular complexity index is 771. The first kappa shape index (κ1) is 16.7. The summed E-state index contributed by atoms with van der Waals surface area (Å²) in [6.07, 6.45) is 0.827. The highest BCUT2D eigenvalue weighted by Crippen LogP contribution is 2.25. The Labute approximate surface area is 148 Å². The van der Waals surface area contributed by atoms with E-state index >= 15 is 0 Å². The normalized spacial score (nSPS) is 12.0. The summed E-state index contributed by atoms with van der Waals surface area (Å²) >= 11 is 2.96. The van der Waals surface area contributed by atoms with Gasteiger partial charge in [-0.3, -0.25) is 9.89 Å². The number of thiophene rings is 1. The van der Waals surface area contributed by atoms with Crippen LogP contribution >= 0.6 is 23.1 Å². The van der Waals surface area contributed by atoms with Crippen molar-refractivity contribution in [3.63, 3.8) is 0 Å². The van der Waals surface area contributed by atoms with E-state index in [0.29, 0.717) is 11.7 Å². The Kier molecular flexibility index (Phi) is 5.66. The number of rotatable bonds is 7. The fraction of sp³-hybridized carbons (Fsp3) is 0.235. The molecule has 0 aliphatic heterocycles. The van der Waals surface area contributed by atoms with Crippen molar-refractivity contribution in [2.75, 3.05) is 6.54 Å². The molecule has 0 spiro atoms. The topological polar surface area (TPSA) is 70.7 Å². The highest BCUT2D eigenvalue weighted by molar-refractivity contribution is 8.00. The number of nitrogens with zero attached hydrogens (tertiary/aromatic N) is 2. The number of benzene rings is 1. The van der Waals surface area contributed by atoms with Gasteiger partial charge in [0.2, 0.25) is 11.1 Å². The predicted molar refractivity (Wildman–Crippen MR) is 98.2 cm³/mol. The van der Waals surface area contributed by atoms with E-state index in [4.69, 9.17) is 0 Å². The van der Waals surface area contributed by atoms with Gasteiger partial charge < -0.3 is 5.32 Å². The van der Waals surface area contributed by atoms with Gasteiger partial charge in [-0.2, -0.15) is 0 Å². The van der Waals surface area contributed by atoms with E-state index in [-0.39, 0.29) is 11.2 Å². The van der Waals surface area contributed by atoms with Gasteiger partial charge in [0.25, 0.3) is 0 Å².